The van der Waals surface area contributed by atoms with Crippen molar-refractivity contribution in [2.45, 2.75) is 53.4 Å². The first-order valence-electron chi connectivity index (χ1n) is 12.6. The standard InChI is InChI=1S/C13H18N2O.C7H8O.C4H9N.C2H7N.C2H6/c1-2-8-15(7-1)12-5-6-14-13(9-12)16-10-11-3-4-11;1-6-2-4-7(8)5-3-6;1-3-5-4-2;1-3-2;1-2/h5-6,9,11H,1-4,7-8,10H2;2-5,8H,1H3;3,5H,1,4H2,2H3;3H,1-2H3;1-2H3. The molecule has 2 heterocycles. The van der Waals surface area contributed by atoms with Crippen molar-refractivity contribution in [2.24, 2.45) is 5.92 Å². The zero-order valence-corrected chi connectivity index (χ0v) is 22.3. The maximum Gasteiger partial charge on any atom is 0.215 e. The zero-order valence-electron chi connectivity index (χ0n) is 22.3. The number of hydrogen-bond acceptors (Lipinski definition) is 6. The molecule has 0 amide bonds. The number of phenols is 1. The van der Waals surface area contributed by atoms with E-state index in [1.54, 1.807) is 18.3 Å². The second kappa shape index (κ2) is 20.8. The first-order valence-corrected chi connectivity index (χ1v) is 12.6. The number of ether oxygens (including phenoxy) is 1. The van der Waals surface area contributed by atoms with Crippen molar-refractivity contribution >= 4 is 5.69 Å². The second-order valence-electron chi connectivity index (χ2n) is 7.90. The van der Waals surface area contributed by atoms with Gasteiger partial charge in [-0.05, 0) is 83.9 Å². The molecule has 2 aliphatic rings. The number of rotatable bonds is 6. The summed E-state index contributed by atoms with van der Waals surface area (Å²) in [6.45, 7) is 15.6. The van der Waals surface area contributed by atoms with Crippen LogP contribution in [0.3, 0.4) is 0 Å². The number of aromatic hydroxyl groups is 1. The third-order valence-corrected chi connectivity index (χ3v) is 4.74. The van der Waals surface area contributed by atoms with Crippen LogP contribution in [0.25, 0.3) is 0 Å². The molecule has 2 fully saturated rings. The Labute approximate surface area is 208 Å². The number of pyridine rings is 1. The van der Waals surface area contributed by atoms with Crippen molar-refractivity contribution in [1.29, 1.82) is 0 Å². The summed E-state index contributed by atoms with van der Waals surface area (Å²) in [4.78, 5) is 6.67. The van der Waals surface area contributed by atoms with Gasteiger partial charge in [0.05, 0.1) is 6.61 Å². The highest BCUT2D eigenvalue weighted by atomic mass is 16.5. The molecule has 6 heteroatoms. The van der Waals surface area contributed by atoms with Gasteiger partial charge in [0.25, 0.3) is 0 Å². The molecule has 1 aliphatic carbocycles. The first kappa shape index (κ1) is 31.3. The first-order chi connectivity index (χ1) is 16.5. The predicted molar refractivity (Wildman–Crippen MR) is 147 cm³/mol. The lowest BCUT2D eigenvalue weighted by Crippen LogP contribution is -2.17. The van der Waals surface area contributed by atoms with Gasteiger partial charge >= 0.3 is 0 Å². The van der Waals surface area contributed by atoms with E-state index in [1.165, 1.54) is 50.0 Å². The van der Waals surface area contributed by atoms with Gasteiger partial charge in [0.1, 0.15) is 5.75 Å². The maximum absolute atomic E-state index is 8.76. The lowest BCUT2D eigenvalue weighted by molar-refractivity contribution is 0.288. The van der Waals surface area contributed by atoms with Gasteiger partial charge in [-0.3, -0.25) is 0 Å². The van der Waals surface area contributed by atoms with Crippen LogP contribution >= 0.6 is 0 Å². The van der Waals surface area contributed by atoms with Crippen LogP contribution in [0.15, 0.2) is 55.4 Å². The normalized spacial score (nSPS) is 13.3. The summed E-state index contributed by atoms with van der Waals surface area (Å²) in [6, 6.07) is 11.2. The Hall–Kier alpha value is -2.73. The summed E-state index contributed by atoms with van der Waals surface area (Å²) < 4.78 is 5.69. The summed E-state index contributed by atoms with van der Waals surface area (Å²) in [7, 11) is 3.75. The average molecular weight is 473 g/mol. The van der Waals surface area contributed by atoms with E-state index < -0.39 is 0 Å². The van der Waals surface area contributed by atoms with Crippen LogP contribution in [0.1, 0.15) is 52.0 Å². The highest BCUT2D eigenvalue weighted by molar-refractivity contribution is 5.48. The molecule has 1 aromatic heterocycles. The van der Waals surface area contributed by atoms with Crippen LogP contribution in [0, 0.1) is 12.8 Å². The maximum atomic E-state index is 8.76. The zero-order chi connectivity index (χ0) is 25.6. The Morgan fingerprint density at radius 3 is 2.15 bits per heavy atom. The van der Waals surface area contributed by atoms with E-state index in [9.17, 15) is 0 Å². The summed E-state index contributed by atoms with van der Waals surface area (Å²) >= 11 is 0. The predicted octanol–water partition coefficient (Wildman–Crippen LogP) is 5.77. The minimum absolute atomic E-state index is 0.329. The van der Waals surface area contributed by atoms with Crippen molar-refractivity contribution in [1.82, 2.24) is 15.6 Å². The molecule has 1 aromatic carbocycles. The Bertz CT molecular complexity index is 706. The number of benzene rings is 1. The fourth-order valence-corrected chi connectivity index (χ4v) is 2.83. The molecule has 1 saturated heterocycles. The molecular weight excluding hydrogens is 424 g/mol. The van der Waals surface area contributed by atoms with E-state index in [2.05, 4.69) is 39.2 Å². The second-order valence-corrected chi connectivity index (χ2v) is 7.90. The summed E-state index contributed by atoms with van der Waals surface area (Å²) in [5.41, 5.74) is 2.43. The highest BCUT2D eigenvalue weighted by Crippen LogP contribution is 2.30. The van der Waals surface area contributed by atoms with Gasteiger partial charge in [-0.25, -0.2) is 4.98 Å². The number of nitrogens with zero attached hydrogens (tertiary/aromatic N) is 2. The lowest BCUT2D eigenvalue weighted by Gasteiger charge is -2.17. The molecular formula is C28H48N4O2. The molecule has 0 unspecified atom stereocenters. The number of aryl methyl sites for hydroxylation is 1. The van der Waals surface area contributed by atoms with Gasteiger partial charge in [0.2, 0.25) is 5.88 Å². The Morgan fingerprint density at radius 2 is 1.71 bits per heavy atom. The Morgan fingerprint density at radius 1 is 1.12 bits per heavy atom. The number of nitrogens with one attached hydrogen (secondary N) is 2. The molecule has 0 atom stereocenters. The molecule has 4 rings (SSSR count). The van der Waals surface area contributed by atoms with Crippen LogP contribution < -0.4 is 20.3 Å². The quantitative estimate of drug-likeness (QED) is 0.496. The van der Waals surface area contributed by atoms with Crippen molar-refractivity contribution in [3.63, 3.8) is 0 Å². The molecule has 0 spiro atoms. The number of phenolic OH excluding ortho intramolecular Hbond substituents is 1. The fourth-order valence-electron chi connectivity index (χ4n) is 2.83. The minimum Gasteiger partial charge on any atom is -0.508 e. The monoisotopic (exact) mass is 472 g/mol. The fraction of sp³-hybridized carbons (Fsp3) is 0.536. The van der Waals surface area contributed by atoms with Gasteiger partial charge in [-0.2, -0.15) is 0 Å². The SMILES string of the molecule is C=CNCC.CC.CNC.Cc1ccc(O)cc1.c1cc(N2CCCC2)cc(OCC2CC2)n1. The van der Waals surface area contributed by atoms with Crippen LogP contribution in [-0.2, 0) is 0 Å². The largest absolute Gasteiger partial charge is 0.508 e. The van der Waals surface area contributed by atoms with E-state index in [-0.39, 0.29) is 0 Å². The van der Waals surface area contributed by atoms with Crippen LogP contribution in [-0.4, -0.2) is 50.4 Å². The molecule has 6 nitrogen and oxygen atoms in total. The molecule has 3 N–H and O–H groups in total. The molecule has 2 aromatic rings. The van der Waals surface area contributed by atoms with Gasteiger partial charge in [-0.15, -0.1) is 0 Å². The summed E-state index contributed by atoms with van der Waals surface area (Å²) in [5, 5.41) is 14.4. The third kappa shape index (κ3) is 16.0. The number of hydrogen-bond donors (Lipinski definition) is 3. The van der Waals surface area contributed by atoms with Crippen molar-refractivity contribution in [3.8, 4) is 11.6 Å². The van der Waals surface area contributed by atoms with Gasteiger partial charge in [0, 0.05) is 37.6 Å². The molecule has 34 heavy (non-hydrogen) atoms. The van der Waals surface area contributed by atoms with E-state index in [0.29, 0.717) is 5.75 Å². The van der Waals surface area contributed by atoms with E-state index >= 15 is 0 Å². The molecule has 192 valence electrons. The van der Waals surface area contributed by atoms with Gasteiger partial charge < -0.3 is 25.4 Å². The highest BCUT2D eigenvalue weighted by Gasteiger charge is 2.22. The van der Waals surface area contributed by atoms with Gasteiger partial charge in [-0.1, -0.05) is 38.1 Å². The minimum atomic E-state index is 0.329. The molecule has 0 bridgehead atoms. The number of anilines is 1. The Balaban J connectivity index is 0.000000509. The molecule has 1 aliphatic heterocycles. The van der Waals surface area contributed by atoms with Crippen LogP contribution in [0.4, 0.5) is 5.69 Å². The Kier molecular flexibility index (Phi) is 19.2. The third-order valence-electron chi connectivity index (χ3n) is 4.74. The lowest BCUT2D eigenvalue weighted by atomic mass is 10.2. The van der Waals surface area contributed by atoms with Crippen LogP contribution in [0.2, 0.25) is 0 Å². The van der Waals surface area contributed by atoms with E-state index in [4.69, 9.17) is 9.84 Å². The van der Waals surface area contributed by atoms with Crippen LogP contribution in [0.5, 0.6) is 11.6 Å². The summed E-state index contributed by atoms with van der Waals surface area (Å²) in [6.07, 6.45) is 8.80. The van der Waals surface area contributed by atoms with E-state index in [1.807, 2.05) is 60.1 Å². The molecule has 0 radical (unpaired) electrons. The number of aromatic nitrogens is 1. The topological polar surface area (TPSA) is 69.7 Å². The van der Waals surface area contributed by atoms with Gasteiger partial charge in [0.15, 0.2) is 0 Å². The van der Waals surface area contributed by atoms with E-state index in [0.717, 1.165) is 24.9 Å². The van der Waals surface area contributed by atoms with Crippen molar-refractivity contribution < 1.29 is 9.84 Å². The van der Waals surface area contributed by atoms with Crippen molar-refractivity contribution in [3.05, 3.63) is 60.9 Å². The van der Waals surface area contributed by atoms with Crippen molar-refractivity contribution in [2.75, 3.05) is 45.2 Å². The average Bonchev–Trinajstić information content (AvgIpc) is 3.53. The smallest absolute Gasteiger partial charge is 0.215 e. The molecule has 1 saturated carbocycles. The summed E-state index contributed by atoms with van der Waals surface area (Å²) in [5.74, 6) is 1.91.